The lowest BCUT2D eigenvalue weighted by molar-refractivity contribution is -0.402. The van der Waals surface area contributed by atoms with Gasteiger partial charge in [-0.05, 0) is 6.07 Å². The molecule has 1 N–H and O–H groups in total. The van der Waals surface area contributed by atoms with Crippen LogP contribution in [-0.2, 0) is 11.3 Å². The molecule has 0 saturated carbocycles. The van der Waals surface area contributed by atoms with Gasteiger partial charge in [0.15, 0.2) is 5.76 Å². The van der Waals surface area contributed by atoms with Gasteiger partial charge in [-0.15, -0.1) is 0 Å². The highest BCUT2D eigenvalue weighted by molar-refractivity contribution is 5.80. The van der Waals surface area contributed by atoms with E-state index in [1.807, 2.05) is 0 Å². The maximum absolute atomic E-state index is 11.4. The molecule has 2 rings (SSSR count). The Labute approximate surface area is 106 Å². The molecular weight excluding hydrogens is 254 g/mol. The Hall–Kier alpha value is -2.97. The fourth-order valence-electron chi connectivity index (χ4n) is 1.26. The Bertz CT molecular complexity index is 601. The lowest BCUT2D eigenvalue weighted by Gasteiger charge is -1.99. The van der Waals surface area contributed by atoms with E-state index in [9.17, 15) is 14.9 Å². The molecule has 0 saturated heterocycles. The molecule has 9 nitrogen and oxygen atoms in total. The second-order valence-corrected chi connectivity index (χ2v) is 3.46. The largest absolute Gasteiger partial charge is 0.433 e. The first-order valence-corrected chi connectivity index (χ1v) is 5.17. The smallest absolute Gasteiger partial charge is 0.400 e. The SMILES string of the molecule is O=C(Cn1ccnc1)NN=Cc1ccc([N+](=O)[O-])o1. The molecule has 19 heavy (non-hydrogen) atoms. The highest BCUT2D eigenvalue weighted by atomic mass is 16.6. The van der Waals surface area contributed by atoms with Crippen molar-refractivity contribution in [1.82, 2.24) is 15.0 Å². The van der Waals surface area contributed by atoms with Gasteiger partial charge in [0.2, 0.25) is 0 Å². The summed E-state index contributed by atoms with van der Waals surface area (Å²) >= 11 is 0. The number of carbonyl (C=O) groups is 1. The van der Waals surface area contributed by atoms with Crippen LogP contribution in [0, 0.1) is 10.1 Å². The molecule has 2 heterocycles. The van der Waals surface area contributed by atoms with E-state index in [-0.39, 0.29) is 24.1 Å². The maximum Gasteiger partial charge on any atom is 0.433 e. The summed E-state index contributed by atoms with van der Waals surface area (Å²) in [4.78, 5) is 24.9. The zero-order chi connectivity index (χ0) is 13.7. The van der Waals surface area contributed by atoms with Crippen LogP contribution in [-0.4, -0.2) is 26.6 Å². The van der Waals surface area contributed by atoms with Crippen molar-refractivity contribution in [2.45, 2.75) is 6.54 Å². The van der Waals surface area contributed by atoms with Crippen LogP contribution in [0.5, 0.6) is 0 Å². The summed E-state index contributed by atoms with van der Waals surface area (Å²) in [7, 11) is 0. The summed E-state index contributed by atoms with van der Waals surface area (Å²) in [5, 5.41) is 14.0. The third kappa shape index (κ3) is 3.49. The van der Waals surface area contributed by atoms with Gasteiger partial charge in [0, 0.05) is 12.4 Å². The van der Waals surface area contributed by atoms with Gasteiger partial charge in [-0.2, -0.15) is 5.10 Å². The van der Waals surface area contributed by atoms with Crippen molar-refractivity contribution >= 4 is 18.0 Å². The lowest BCUT2D eigenvalue weighted by atomic mass is 10.5. The van der Waals surface area contributed by atoms with Gasteiger partial charge in [0.25, 0.3) is 5.91 Å². The molecule has 0 aliphatic rings. The van der Waals surface area contributed by atoms with E-state index < -0.39 is 4.92 Å². The van der Waals surface area contributed by atoms with E-state index in [1.165, 1.54) is 24.7 Å². The van der Waals surface area contributed by atoms with Crippen LogP contribution in [0.2, 0.25) is 0 Å². The molecule has 0 atom stereocenters. The summed E-state index contributed by atoms with van der Waals surface area (Å²) in [6.45, 7) is 0.0790. The molecule has 2 aromatic rings. The zero-order valence-corrected chi connectivity index (χ0v) is 9.59. The fraction of sp³-hybridized carbons (Fsp3) is 0.100. The van der Waals surface area contributed by atoms with Crippen molar-refractivity contribution in [1.29, 1.82) is 0 Å². The topological polar surface area (TPSA) is 116 Å². The van der Waals surface area contributed by atoms with Crippen molar-refractivity contribution in [3.63, 3.8) is 0 Å². The Morgan fingerprint density at radius 3 is 3.11 bits per heavy atom. The summed E-state index contributed by atoms with van der Waals surface area (Å²) in [5.74, 6) is -0.559. The maximum atomic E-state index is 11.4. The van der Waals surface area contributed by atoms with Gasteiger partial charge < -0.3 is 8.98 Å². The molecule has 1 amide bonds. The minimum absolute atomic E-state index is 0.0790. The van der Waals surface area contributed by atoms with E-state index in [0.29, 0.717) is 0 Å². The van der Waals surface area contributed by atoms with Gasteiger partial charge in [0.05, 0.1) is 18.6 Å². The number of hydrogen-bond acceptors (Lipinski definition) is 6. The van der Waals surface area contributed by atoms with Crippen molar-refractivity contribution in [2.24, 2.45) is 5.10 Å². The van der Waals surface area contributed by atoms with Gasteiger partial charge in [-0.1, -0.05) is 0 Å². The van der Waals surface area contributed by atoms with Crippen LogP contribution >= 0.6 is 0 Å². The molecule has 2 aromatic heterocycles. The number of hydrazone groups is 1. The van der Waals surface area contributed by atoms with Crippen molar-refractivity contribution in [3.8, 4) is 0 Å². The first kappa shape index (κ1) is 12.5. The Balaban J connectivity index is 1.85. The van der Waals surface area contributed by atoms with Crippen LogP contribution in [0.15, 0.2) is 40.4 Å². The number of imidazole rings is 1. The number of rotatable bonds is 5. The van der Waals surface area contributed by atoms with E-state index in [4.69, 9.17) is 4.42 Å². The predicted octanol–water partition coefficient (Wildman–Crippen LogP) is 0.535. The first-order valence-electron chi connectivity index (χ1n) is 5.17. The third-order valence-electron chi connectivity index (χ3n) is 2.06. The molecular formula is C10H9N5O4. The van der Waals surface area contributed by atoms with E-state index in [1.54, 1.807) is 17.0 Å². The van der Waals surface area contributed by atoms with Crippen LogP contribution < -0.4 is 5.43 Å². The van der Waals surface area contributed by atoms with Gasteiger partial charge in [-0.25, -0.2) is 10.4 Å². The quantitative estimate of drug-likeness (QED) is 0.480. The van der Waals surface area contributed by atoms with E-state index >= 15 is 0 Å². The van der Waals surface area contributed by atoms with Crippen molar-refractivity contribution < 1.29 is 14.1 Å². The first-order chi connectivity index (χ1) is 9.15. The van der Waals surface area contributed by atoms with Crippen LogP contribution in [0.3, 0.4) is 0 Å². The van der Waals surface area contributed by atoms with E-state index in [2.05, 4.69) is 15.5 Å². The highest BCUT2D eigenvalue weighted by Gasteiger charge is 2.10. The Kier molecular flexibility index (Phi) is 3.67. The second-order valence-electron chi connectivity index (χ2n) is 3.46. The minimum Gasteiger partial charge on any atom is -0.400 e. The molecule has 0 radical (unpaired) electrons. The number of furan rings is 1. The van der Waals surface area contributed by atoms with Crippen LogP contribution in [0.4, 0.5) is 5.88 Å². The summed E-state index contributed by atoms with van der Waals surface area (Å²) in [5.41, 5.74) is 2.26. The molecule has 0 aliphatic carbocycles. The third-order valence-corrected chi connectivity index (χ3v) is 2.06. The van der Waals surface area contributed by atoms with Gasteiger partial charge in [0.1, 0.15) is 11.5 Å². The van der Waals surface area contributed by atoms with Gasteiger partial charge >= 0.3 is 5.88 Å². The Morgan fingerprint density at radius 2 is 2.47 bits per heavy atom. The average Bonchev–Trinajstić information content (AvgIpc) is 3.00. The lowest BCUT2D eigenvalue weighted by Crippen LogP contribution is -2.22. The van der Waals surface area contributed by atoms with Crippen LogP contribution in [0.25, 0.3) is 0 Å². The fourth-order valence-corrected chi connectivity index (χ4v) is 1.26. The number of nitro groups is 1. The number of nitrogens with zero attached hydrogens (tertiary/aromatic N) is 4. The van der Waals surface area contributed by atoms with Crippen LogP contribution in [0.1, 0.15) is 5.76 Å². The predicted molar refractivity (Wildman–Crippen MR) is 63.3 cm³/mol. The summed E-state index contributed by atoms with van der Waals surface area (Å²) in [6, 6.07) is 2.58. The zero-order valence-electron chi connectivity index (χ0n) is 9.59. The minimum atomic E-state index is -0.658. The second kappa shape index (κ2) is 5.58. The molecule has 0 fully saturated rings. The molecule has 0 bridgehead atoms. The van der Waals surface area contributed by atoms with Gasteiger partial charge in [-0.3, -0.25) is 14.9 Å². The van der Waals surface area contributed by atoms with Crippen molar-refractivity contribution in [3.05, 3.63) is 46.7 Å². The monoisotopic (exact) mass is 263 g/mol. The molecule has 0 aromatic carbocycles. The van der Waals surface area contributed by atoms with Crippen molar-refractivity contribution in [2.75, 3.05) is 0 Å². The van der Waals surface area contributed by atoms with E-state index in [0.717, 1.165) is 0 Å². The molecule has 98 valence electrons. The number of hydrogen-bond donors (Lipinski definition) is 1. The summed E-state index contributed by atoms with van der Waals surface area (Å²) in [6.07, 6.45) is 5.87. The number of amides is 1. The molecule has 9 heteroatoms. The highest BCUT2D eigenvalue weighted by Crippen LogP contribution is 2.13. The normalized spacial score (nSPS) is 10.7. The average molecular weight is 263 g/mol. The number of carbonyl (C=O) groups excluding carboxylic acids is 1. The molecule has 0 spiro atoms. The number of aromatic nitrogens is 2. The molecule has 0 aliphatic heterocycles. The Morgan fingerprint density at radius 1 is 1.63 bits per heavy atom. The number of nitrogens with one attached hydrogen (secondary N) is 1. The summed E-state index contributed by atoms with van der Waals surface area (Å²) < 4.78 is 6.39. The standard InChI is InChI=1S/C10H9N5O4/c16-9(6-14-4-3-11-7-14)13-12-5-8-1-2-10(19-8)15(17)18/h1-5,7H,6H2,(H,13,16). The molecule has 0 unspecified atom stereocenters.